The minimum atomic E-state index is -1.50. The maximum absolute atomic E-state index is 8.36. The molecule has 0 aromatic heterocycles. The van der Waals surface area contributed by atoms with Gasteiger partial charge in [0.15, 0.2) is 0 Å². The first-order chi connectivity index (χ1) is 1.73. The first-order valence-electron chi connectivity index (χ1n) is 0.565. The van der Waals surface area contributed by atoms with Gasteiger partial charge in [-0.2, -0.15) is 0 Å². The van der Waals surface area contributed by atoms with Crippen LogP contribution in [0.1, 0.15) is 2.85 Å². The summed E-state index contributed by atoms with van der Waals surface area (Å²) in [5.74, 6) is 0. The van der Waals surface area contributed by atoms with Gasteiger partial charge in [0.05, 0.1) is 0 Å². The summed E-state index contributed by atoms with van der Waals surface area (Å²) in [7, 11) is 0. The molecule has 0 bridgehead atoms. The van der Waals surface area contributed by atoms with Crippen LogP contribution in [0.15, 0.2) is 0 Å². The van der Waals surface area contributed by atoms with E-state index in [1.54, 1.807) is 0 Å². The summed E-state index contributed by atoms with van der Waals surface area (Å²) in [4.78, 5) is 8.36. The van der Waals surface area contributed by atoms with Crippen LogP contribution in [-0.2, 0) is 16.5 Å². The largest absolute Gasteiger partial charge is 2.00 e. The van der Waals surface area contributed by atoms with Crippen molar-refractivity contribution in [3.8, 4) is 0 Å². The molecule has 1 N–H and O–H groups in total. The Kier molecular flexibility index (Phi) is 24.3. The topological polar surface area (TPSA) is 63.4 Å². The number of hydrogen-bond donors (Lipinski definition) is 1. The molecule has 0 aliphatic heterocycles. The smallest absolute Gasteiger partial charge is 1.00 e. The van der Waals surface area contributed by atoms with Gasteiger partial charge in [0.2, 0.25) is 0 Å². The summed E-state index contributed by atoms with van der Waals surface area (Å²) in [5.41, 5.74) is 0. The molecule has 0 radical (unpaired) electrons. The molecule has 0 spiro atoms. The van der Waals surface area contributed by atoms with Crippen LogP contribution in [0.5, 0.6) is 0 Å². The molecule has 0 saturated heterocycles. The van der Waals surface area contributed by atoms with Gasteiger partial charge in [-0.25, -0.2) is 0 Å². The Hall–Kier alpha value is 0.460. The van der Waals surface area contributed by atoms with E-state index in [-0.39, 0.29) is 42.4 Å². The van der Waals surface area contributed by atoms with Gasteiger partial charge in [0.1, 0.15) is 0 Å². The third-order valence-electron chi connectivity index (χ3n) is 0. The van der Waals surface area contributed by atoms with Gasteiger partial charge < -0.3 is 8.06 Å². The van der Waals surface area contributed by atoms with E-state index < -0.39 is 5.09 Å². The number of nitrogens with zero attached hydrogens (tertiary/aromatic N) is 1. The predicted octanol–water partition coefficient (Wildman–Crippen LogP) is -0.506. The molecule has 0 aliphatic carbocycles. The van der Waals surface area contributed by atoms with Crippen LogP contribution in [0.2, 0.25) is 0 Å². The molecule has 6 heteroatoms. The first kappa shape index (κ1) is 16.1. The van der Waals surface area contributed by atoms with Crippen molar-refractivity contribution in [2.45, 2.75) is 0 Å². The molecule has 38 valence electrons. The summed E-state index contributed by atoms with van der Waals surface area (Å²) in [5, 5.41) is 13.6. The van der Waals surface area contributed by atoms with Gasteiger partial charge in [0.25, 0.3) is 5.09 Å². The fourth-order valence-corrected chi connectivity index (χ4v) is 0. The molecular formula is H3MgNNiO3. The molecule has 0 saturated carbocycles. The summed E-state index contributed by atoms with van der Waals surface area (Å²) >= 11 is 0. The second-order valence-electron chi connectivity index (χ2n) is 0.238. The maximum atomic E-state index is 8.36. The van der Waals surface area contributed by atoms with E-state index in [9.17, 15) is 0 Å². The average molecular weight is 148 g/mol. The Morgan fingerprint density at radius 1 is 1.83 bits per heavy atom. The van der Waals surface area contributed by atoms with E-state index in [0.717, 1.165) is 0 Å². The molecule has 0 aromatic carbocycles. The summed E-state index contributed by atoms with van der Waals surface area (Å²) in [6, 6.07) is 0. The van der Waals surface area contributed by atoms with E-state index in [2.05, 4.69) is 0 Å². The number of rotatable bonds is 0. The molecule has 0 amide bonds. The van der Waals surface area contributed by atoms with Gasteiger partial charge in [-0.1, -0.05) is 0 Å². The van der Waals surface area contributed by atoms with Gasteiger partial charge in [0, 0.05) is 16.5 Å². The second kappa shape index (κ2) is 9.07. The molecule has 0 fully saturated rings. The summed E-state index contributed by atoms with van der Waals surface area (Å²) < 4.78 is 0. The summed E-state index contributed by atoms with van der Waals surface area (Å²) in [6.07, 6.45) is 0. The zero-order chi connectivity index (χ0) is 3.58. The van der Waals surface area contributed by atoms with Crippen LogP contribution in [0, 0.1) is 10.1 Å². The Balaban J connectivity index is -0.00000000750. The Morgan fingerprint density at radius 2 is 1.83 bits per heavy atom. The molecule has 0 heterocycles. The molecule has 0 aliphatic rings. The molecule has 0 rings (SSSR count). The standard InChI is InChI=1S/Mg.HNO3.Ni.2H/c;2-1(3)4;;;/h;(H,2,3,4);;;/q+2;;;2*-1. The molecule has 6 heavy (non-hydrogen) atoms. The average Bonchev–Trinajstić information content (AvgIpc) is 0.811. The van der Waals surface area contributed by atoms with Crippen molar-refractivity contribution in [1.82, 2.24) is 0 Å². The third kappa shape index (κ3) is 253. The molecule has 0 unspecified atom stereocenters. The van der Waals surface area contributed by atoms with E-state index in [1.165, 1.54) is 0 Å². The Labute approximate surface area is 63.1 Å². The fraction of sp³-hybridized carbons (Fsp3) is 0. The SMILES string of the molecule is O=[N+]([O-])O.[H-].[H-].[Mg+2].[Ni]. The van der Waals surface area contributed by atoms with Gasteiger partial charge in [-0.15, -0.1) is 10.1 Å². The molecular weight excluding hydrogens is 145 g/mol. The van der Waals surface area contributed by atoms with Crippen LogP contribution >= 0.6 is 0 Å². The quantitative estimate of drug-likeness (QED) is 0.286. The molecule has 0 atom stereocenters. The van der Waals surface area contributed by atoms with Crippen molar-refractivity contribution < 1.29 is 29.6 Å². The van der Waals surface area contributed by atoms with Crippen molar-refractivity contribution in [1.29, 1.82) is 0 Å². The van der Waals surface area contributed by atoms with Crippen molar-refractivity contribution in [3.05, 3.63) is 10.1 Å². The minimum Gasteiger partial charge on any atom is -1.00 e. The van der Waals surface area contributed by atoms with Gasteiger partial charge >= 0.3 is 23.1 Å². The zero-order valence-electron chi connectivity index (χ0n) is 4.73. The number of hydrogen-bond acceptors (Lipinski definition) is 2. The normalized spacial score (nSPS) is 4.00. The monoisotopic (exact) mass is 147 g/mol. The van der Waals surface area contributed by atoms with E-state index in [1.807, 2.05) is 0 Å². The third-order valence-corrected chi connectivity index (χ3v) is 0. The second-order valence-corrected chi connectivity index (χ2v) is 0.238. The van der Waals surface area contributed by atoms with Crippen molar-refractivity contribution in [2.24, 2.45) is 0 Å². The van der Waals surface area contributed by atoms with Crippen LogP contribution in [0.4, 0.5) is 0 Å². The zero-order valence-corrected chi connectivity index (χ0v) is 5.14. The predicted molar refractivity (Wildman–Crippen MR) is 16.8 cm³/mol. The molecule has 4 nitrogen and oxygen atoms in total. The van der Waals surface area contributed by atoms with Crippen LogP contribution in [0.25, 0.3) is 0 Å². The van der Waals surface area contributed by atoms with Crippen LogP contribution in [0.3, 0.4) is 0 Å². The van der Waals surface area contributed by atoms with Crippen molar-refractivity contribution in [3.63, 3.8) is 0 Å². The van der Waals surface area contributed by atoms with Gasteiger partial charge in [-0.05, 0) is 0 Å². The van der Waals surface area contributed by atoms with Gasteiger partial charge in [-0.3, -0.25) is 0 Å². The van der Waals surface area contributed by atoms with E-state index in [0.29, 0.717) is 0 Å². The Bertz CT molecular complexity index is 40.3. The van der Waals surface area contributed by atoms with Crippen LogP contribution < -0.4 is 0 Å². The van der Waals surface area contributed by atoms with Crippen molar-refractivity contribution >= 4 is 23.1 Å². The Morgan fingerprint density at radius 3 is 1.83 bits per heavy atom. The van der Waals surface area contributed by atoms with E-state index >= 15 is 0 Å². The van der Waals surface area contributed by atoms with E-state index in [4.69, 9.17) is 15.3 Å². The fourth-order valence-electron chi connectivity index (χ4n) is 0. The van der Waals surface area contributed by atoms with Crippen molar-refractivity contribution in [2.75, 3.05) is 0 Å². The van der Waals surface area contributed by atoms with Crippen LogP contribution in [-0.4, -0.2) is 33.3 Å². The first-order valence-corrected chi connectivity index (χ1v) is 0.565. The molecule has 0 aromatic rings. The summed E-state index contributed by atoms with van der Waals surface area (Å²) in [6.45, 7) is 0. The minimum absolute atomic E-state index is 0. The maximum Gasteiger partial charge on any atom is 2.00 e.